The van der Waals surface area contributed by atoms with Crippen LogP contribution in [0.4, 0.5) is 5.82 Å². The minimum absolute atomic E-state index is 0.280. The Morgan fingerprint density at radius 3 is 2.67 bits per heavy atom. The number of carboxylic acid groups (broad SMARTS) is 1. The summed E-state index contributed by atoms with van der Waals surface area (Å²) in [5.74, 6) is -0.709. The number of aromatic nitrogens is 4. The van der Waals surface area contributed by atoms with E-state index in [4.69, 9.17) is 5.73 Å². The summed E-state index contributed by atoms with van der Waals surface area (Å²) in [6, 6.07) is 8.55. The maximum Gasteiger partial charge on any atom is 0.328 e. The lowest BCUT2D eigenvalue weighted by atomic mass is 10.1. The number of carbonyl (C=O) groups is 1. The minimum atomic E-state index is -0.990. The monoisotopic (exact) mass is 283 g/mol. The smallest absolute Gasteiger partial charge is 0.328 e. The molecule has 0 radical (unpaired) electrons. The van der Waals surface area contributed by atoms with Crippen molar-refractivity contribution in [2.45, 2.75) is 13.0 Å². The topological polar surface area (TPSA) is 107 Å². The Balaban J connectivity index is 2.33. The van der Waals surface area contributed by atoms with E-state index in [9.17, 15) is 9.90 Å². The van der Waals surface area contributed by atoms with E-state index in [-0.39, 0.29) is 5.82 Å². The fourth-order valence-corrected chi connectivity index (χ4v) is 2.17. The predicted molar refractivity (Wildman–Crippen MR) is 77.5 cm³/mol. The standard InChI is InChI=1S/C14H13N5O2/c1-8(14(20)21)19-13-10(12(15)16-7-17-13)11(18-19)9-5-3-2-4-6-9/h2-8H,1H3,(H,20,21)(H2,15,16,17). The number of anilines is 1. The second-order valence-corrected chi connectivity index (χ2v) is 4.63. The van der Waals surface area contributed by atoms with Crippen LogP contribution in [0.25, 0.3) is 22.3 Å². The molecule has 3 N–H and O–H groups in total. The molecule has 106 valence electrons. The van der Waals surface area contributed by atoms with E-state index in [0.717, 1.165) is 5.56 Å². The molecule has 0 spiro atoms. The number of benzene rings is 1. The van der Waals surface area contributed by atoms with E-state index >= 15 is 0 Å². The van der Waals surface area contributed by atoms with Crippen molar-refractivity contribution in [1.82, 2.24) is 19.7 Å². The Morgan fingerprint density at radius 1 is 1.29 bits per heavy atom. The number of aliphatic carboxylic acids is 1. The van der Waals surface area contributed by atoms with Gasteiger partial charge in [-0.15, -0.1) is 0 Å². The fraction of sp³-hybridized carbons (Fsp3) is 0.143. The molecule has 21 heavy (non-hydrogen) atoms. The SMILES string of the molecule is CC(C(=O)O)n1nc(-c2ccccc2)c2c(N)ncnc21. The molecule has 1 aromatic carbocycles. The van der Waals surface area contributed by atoms with Gasteiger partial charge in [-0.05, 0) is 6.92 Å². The van der Waals surface area contributed by atoms with E-state index in [0.29, 0.717) is 16.7 Å². The Labute approximate surface area is 120 Å². The summed E-state index contributed by atoms with van der Waals surface area (Å²) >= 11 is 0. The van der Waals surface area contributed by atoms with Crippen LogP contribution in [-0.4, -0.2) is 30.8 Å². The first kappa shape index (κ1) is 13.0. The van der Waals surface area contributed by atoms with Gasteiger partial charge >= 0.3 is 5.97 Å². The maximum atomic E-state index is 11.2. The van der Waals surface area contributed by atoms with Gasteiger partial charge in [-0.2, -0.15) is 5.10 Å². The Hall–Kier alpha value is -2.96. The van der Waals surface area contributed by atoms with Crippen LogP contribution < -0.4 is 5.73 Å². The van der Waals surface area contributed by atoms with Gasteiger partial charge in [-0.25, -0.2) is 19.4 Å². The summed E-state index contributed by atoms with van der Waals surface area (Å²) in [6.45, 7) is 1.54. The van der Waals surface area contributed by atoms with Crippen LogP contribution in [0.15, 0.2) is 36.7 Å². The third-order valence-corrected chi connectivity index (χ3v) is 3.29. The number of nitrogens with zero attached hydrogens (tertiary/aromatic N) is 4. The van der Waals surface area contributed by atoms with E-state index in [1.54, 1.807) is 6.92 Å². The van der Waals surface area contributed by atoms with Crippen LogP contribution in [0.5, 0.6) is 0 Å². The first-order valence-electron chi connectivity index (χ1n) is 6.36. The first-order chi connectivity index (χ1) is 10.1. The third kappa shape index (κ3) is 2.08. The van der Waals surface area contributed by atoms with Gasteiger partial charge in [-0.1, -0.05) is 30.3 Å². The summed E-state index contributed by atoms with van der Waals surface area (Å²) in [7, 11) is 0. The molecule has 1 atom stereocenters. The molecule has 0 saturated carbocycles. The molecule has 0 amide bonds. The molecule has 3 aromatic rings. The van der Waals surface area contributed by atoms with E-state index < -0.39 is 12.0 Å². The highest BCUT2D eigenvalue weighted by Gasteiger charge is 2.23. The molecule has 0 aliphatic heterocycles. The minimum Gasteiger partial charge on any atom is -0.480 e. The number of carboxylic acids is 1. The number of rotatable bonds is 3. The number of fused-ring (bicyclic) bond motifs is 1. The summed E-state index contributed by atoms with van der Waals surface area (Å²) in [6.07, 6.45) is 1.30. The fourth-order valence-electron chi connectivity index (χ4n) is 2.17. The van der Waals surface area contributed by atoms with Crippen molar-refractivity contribution in [1.29, 1.82) is 0 Å². The zero-order valence-electron chi connectivity index (χ0n) is 11.3. The average Bonchev–Trinajstić information content (AvgIpc) is 2.88. The molecule has 1 unspecified atom stereocenters. The van der Waals surface area contributed by atoms with Gasteiger partial charge in [0.15, 0.2) is 5.65 Å². The largest absolute Gasteiger partial charge is 0.480 e. The van der Waals surface area contributed by atoms with E-state index in [1.807, 2.05) is 30.3 Å². The highest BCUT2D eigenvalue weighted by atomic mass is 16.4. The summed E-state index contributed by atoms with van der Waals surface area (Å²) in [5, 5.41) is 14.2. The van der Waals surface area contributed by atoms with Crippen LogP contribution in [0.1, 0.15) is 13.0 Å². The van der Waals surface area contributed by atoms with E-state index in [1.165, 1.54) is 11.0 Å². The van der Waals surface area contributed by atoms with Crippen LogP contribution in [0, 0.1) is 0 Å². The Bertz CT molecular complexity index is 813. The summed E-state index contributed by atoms with van der Waals surface area (Å²) in [4.78, 5) is 19.4. The van der Waals surface area contributed by atoms with E-state index in [2.05, 4.69) is 15.1 Å². The highest BCUT2D eigenvalue weighted by Crippen LogP contribution is 2.31. The molecule has 0 saturated heterocycles. The van der Waals surface area contributed by atoms with Gasteiger partial charge < -0.3 is 10.8 Å². The van der Waals surface area contributed by atoms with Crippen molar-refractivity contribution in [2.75, 3.05) is 5.73 Å². The van der Waals surface area contributed by atoms with Crippen molar-refractivity contribution in [3.05, 3.63) is 36.7 Å². The predicted octanol–water partition coefficient (Wildman–Crippen LogP) is 1.72. The Morgan fingerprint density at radius 2 is 2.00 bits per heavy atom. The normalized spacial score (nSPS) is 12.4. The van der Waals surface area contributed by atoms with Crippen LogP contribution in [0.3, 0.4) is 0 Å². The Kier molecular flexibility index (Phi) is 3.02. The van der Waals surface area contributed by atoms with Crippen molar-refractivity contribution in [2.24, 2.45) is 0 Å². The number of nitrogen functional groups attached to an aromatic ring is 1. The molecule has 0 aliphatic rings. The molecule has 2 aromatic heterocycles. The molecule has 7 heteroatoms. The van der Waals surface area contributed by atoms with Crippen molar-refractivity contribution < 1.29 is 9.90 Å². The first-order valence-corrected chi connectivity index (χ1v) is 6.36. The molecular weight excluding hydrogens is 270 g/mol. The molecule has 7 nitrogen and oxygen atoms in total. The average molecular weight is 283 g/mol. The van der Waals surface area contributed by atoms with Gasteiger partial charge in [0.2, 0.25) is 0 Å². The molecule has 0 bridgehead atoms. The van der Waals surface area contributed by atoms with Gasteiger partial charge in [0.05, 0.1) is 5.39 Å². The third-order valence-electron chi connectivity index (χ3n) is 3.29. The molecular formula is C14H13N5O2. The van der Waals surface area contributed by atoms with Gasteiger partial charge in [0.25, 0.3) is 0 Å². The molecule has 0 aliphatic carbocycles. The quantitative estimate of drug-likeness (QED) is 0.758. The lowest BCUT2D eigenvalue weighted by Crippen LogP contribution is -2.17. The second-order valence-electron chi connectivity index (χ2n) is 4.63. The summed E-state index contributed by atoms with van der Waals surface area (Å²) in [5.41, 5.74) is 7.76. The zero-order chi connectivity index (χ0) is 15.0. The number of hydrogen-bond donors (Lipinski definition) is 2. The maximum absolute atomic E-state index is 11.2. The summed E-state index contributed by atoms with van der Waals surface area (Å²) < 4.78 is 1.36. The van der Waals surface area contributed by atoms with Gasteiger partial charge in [0.1, 0.15) is 23.9 Å². The zero-order valence-corrected chi connectivity index (χ0v) is 11.3. The van der Waals surface area contributed by atoms with Crippen LogP contribution in [-0.2, 0) is 4.79 Å². The highest BCUT2D eigenvalue weighted by molar-refractivity contribution is 5.98. The number of hydrogen-bond acceptors (Lipinski definition) is 5. The molecule has 2 heterocycles. The second kappa shape index (κ2) is 4.86. The van der Waals surface area contributed by atoms with Crippen LogP contribution >= 0.6 is 0 Å². The van der Waals surface area contributed by atoms with Crippen molar-refractivity contribution in [3.63, 3.8) is 0 Å². The number of nitrogens with two attached hydrogens (primary N) is 1. The van der Waals surface area contributed by atoms with Crippen molar-refractivity contribution in [3.8, 4) is 11.3 Å². The molecule has 3 rings (SSSR count). The van der Waals surface area contributed by atoms with Gasteiger partial charge in [-0.3, -0.25) is 0 Å². The lowest BCUT2D eigenvalue weighted by Gasteiger charge is -2.06. The van der Waals surface area contributed by atoms with Crippen LogP contribution in [0.2, 0.25) is 0 Å². The van der Waals surface area contributed by atoms with Gasteiger partial charge in [0, 0.05) is 5.56 Å². The van der Waals surface area contributed by atoms with Crippen molar-refractivity contribution >= 4 is 22.8 Å². The molecule has 0 fully saturated rings. The lowest BCUT2D eigenvalue weighted by molar-refractivity contribution is -0.140.